The van der Waals surface area contributed by atoms with Crippen LogP contribution >= 0.6 is 0 Å². The van der Waals surface area contributed by atoms with Gasteiger partial charge in [-0.15, -0.1) is 0 Å². The number of nitrogens with one attached hydrogen (secondary N) is 1. The Kier molecular flexibility index (Phi) is 14.8. The summed E-state index contributed by atoms with van der Waals surface area (Å²) in [4.78, 5) is 2.14. The first-order chi connectivity index (χ1) is 8.77. The molecule has 0 aromatic rings. The molecule has 110 valence electrons. The van der Waals surface area contributed by atoms with E-state index in [1.54, 1.807) is 0 Å². The van der Waals surface area contributed by atoms with Crippen molar-refractivity contribution < 1.29 is 4.74 Å². The van der Waals surface area contributed by atoms with E-state index < -0.39 is 0 Å². The third-order valence-electron chi connectivity index (χ3n) is 3.06. The summed E-state index contributed by atoms with van der Waals surface area (Å²) in [7, 11) is 4.14. The van der Waals surface area contributed by atoms with Crippen LogP contribution in [0, 0.1) is 0 Å². The molecular formula is C15H34N2O. The Bertz CT molecular complexity index is 151. The quantitative estimate of drug-likeness (QED) is 0.485. The van der Waals surface area contributed by atoms with Crippen LogP contribution in [0.15, 0.2) is 0 Å². The van der Waals surface area contributed by atoms with Crippen molar-refractivity contribution in [2.75, 3.05) is 46.9 Å². The second kappa shape index (κ2) is 14.9. The Morgan fingerprint density at radius 2 is 1.50 bits per heavy atom. The number of nitrogens with zero attached hydrogens (tertiary/aromatic N) is 1. The summed E-state index contributed by atoms with van der Waals surface area (Å²) in [5.74, 6) is 0. The van der Waals surface area contributed by atoms with E-state index in [0.717, 1.165) is 32.8 Å². The Labute approximate surface area is 114 Å². The van der Waals surface area contributed by atoms with Crippen molar-refractivity contribution in [1.82, 2.24) is 10.2 Å². The normalized spacial score (nSPS) is 11.3. The minimum absolute atomic E-state index is 0.838. The van der Waals surface area contributed by atoms with Crippen LogP contribution in [-0.2, 0) is 4.74 Å². The molecule has 3 heteroatoms. The molecule has 0 bridgehead atoms. The van der Waals surface area contributed by atoms with Crippen LogP contribution in [0.3, 0.4) is 0 Å². The molecule has 0 radical (unpaired) electrons. The highest BCUT2D eigenvalue weighted by atomic mass is 16.5. The van der Waals surface area contributed by atoms with Crippen molar-refractivity contribution in [2.45, 2.75) is 51.9 Å². The summed E-state index contributed by atoms with van der Waals surface area (Å²) in [6.45, 7) is 7.09. The minimum Gasteiger partial charge on any atom is -0.379 e. The molecule has 0 heterocycles. The number of hydrogen-bond acceptors (Lipinski definition) is 3. The number of ether oxygens (including phenoxy) is 1. The monoisotopic (exact) mass is 258 g/mol. The van der Waals surface area contributed by atoms with Gasteiger partial charge in [0.15, 0.2) is 0 Å². The second-order valence-electron chi connectivity index (χ2n) is 5.29. The smallest absolute Gasteiger partial charge is 0.0593 e. The fraction of sp³-hybridized carbons (Fsp3) is 1.00. The molecule has 0 saturated carbocycles. The van der Waals surface area contributed by atoms with Crippen molar-refractivity contribution in [3.05, 3.63) is 0 Å². The topological polar surface area (TPSA) is 24.5 Å². The number of unbranched alkanes of at least 4 members (excludes halogenated alkanes) is 6. The van der Waals surface area contributed by atoms with Gasteiger partial charge in [-0.05, 0) is 27.1 Å². The molecule has 0 aliphatic heterocycles. The summed E-state index contributed by atoms with van der Waals surface area (Å²) < 4.78 is 5.51. The van der Waals surface area contributed by atoms with Gasteiger partial charge in [0.1, 0.15) is 0 Å². The van der Waals surface area contributed by atoms with Crippen LogP contribution in [-0.4, -0.2) is 51.8 Å². The van der Waals surface area contributed by atoms with E-state index in [4.69, 9.17) is 4.74 Å². The molecule has 3 nitrogen and oxygen atoms in total. The maximum absolute atomic E-state index is 5.51. The number of likely N-dealkylation sites (N-methyl/N-ethyl adjacent to an activating group) is 1. The highest BCUT2D eigenvalue weighted by Gasteiger charge is 1.93. The van der Waals surface area contributed by atoms with Gasteiger partial charge >= 0.3 is 0 Å². The van der Waals surface area contributed by atoms with E-state index in [2.05, 4.69) is 31.2 Å². The van der Waals surface area contributed by atoms with Crippen LogP contribution in [0.4, 0.5) is 0 Å². The van der Waals surface area contributed by atoms with Crippen LogP contribution in [0.5, 0.6) is 0 Å². The summed E-state index contributed by atoms with van der Waals surface area (Å²) in [5.41, 5.74) is 0. The van der Waals surface area contributed by atoms with Crippen molar-refractivity contribution in [3.8, 4) is 0 Å². The van der Waals surface area contributed by atoms with Crippen LogP contribution in [0.1, 0.15) is 51.9 Å². The standard InChI is InChI=1S/C15H34N2O/c1-4-5-6-7-8-9-10-11-16-12-14-18-15-13-17(2)3/h16H,4-15H2,1-3H3. The second-order valence-corrected chi connectivity index (χ2v) is 5.29. The SMILES string of the molecule is CCCCCCCCCNCCOCCN(C)C. The lowest BCUT2D eigenvalue weighted by atomic mass is 10.1. The first kappa shape index (κ1) is 17.9. The summed E-state index contributed by atoms with van der Waals surface area (Å²) >= 11 is 0. The molecule has 0 spiro atoms. The predicted molar refractivity (Wildman–Crippen MR) is 80.2 cm³/mol. The molecule has 0 fully saturated rings. The average molecular weight is 258 g/mol. The summed E-state index contributed by atoms with van der Waals surface area (Å²) in [6, 6.07) is 0. The molecule has 0 aliphatic carbocycles. The van der Waals surface area contributed by atoms with E-state index in [9.17, 15) is 0 Å². The van der Waals surface area contributed by atoms with Crippen molar-refractivity contribution in [2.24, 2.45) is 0 Å². The Morgan fingerprint density at radius 1 is 0.833 bits per heavy atom. The summed E-state index contributed by atoms with van der Waals surface area (Å²) in [5, 5.41) is 3.44. The lowest BCUT2D eigenvalue weighted by Crippen LogP contribution is -2.23. The number of rotatable bonds is 14. The zero-order chi connectivity index (χ0) is 13.5. The average Bonchev–Trinajstić information content (AvgIpc) is 2.34. The molecule has 0 aliphatic rings. The van der Waals surface area contributed by atoms with Crippen molar-refractivity contribution >= 4 is 0 Å². The number of hydrogen-bond donors (Lipinski definition) is 1. The molecule has 0 aromatic heterocycles. The van der Waals surface area contributed by atoms with Gasteiger partial charge in [0.25, 0.3) is 0 Å². The highest BCUT2D eigenvalue weighted by Crippen LogP contribution is 2.06. The molecule has 1 N–H and O–H groups in total. The highest BCUT2D eigenvalue weighted by molar-refractivity contribution is 4.50. The van der Waals surface area contributed by atoms with Crippen LogP contribution in [0.2, 0.25) is 0 Å². The lowest BCUT2D eigenvalue weighted by molar-refractivity contribution is 0.119. The molecule has 0 saturated heterocycles. The van der Waals surface area contributed by atoms with Gasteiger partial charge < -0.3 is 15.0 Å². The van der Waals surface area contributed by atoms with Crippen LogP contribution < -0.4 is 5.32 Å². The fourth-order valence-corrected chi connectivity index (χ4v) is 1.83. The zero-order valence-electron chi connectivity index (χ0n) is 12.8. The van der Waals surface area contributed by atoms with Gasteiger partial charge in [-0.1, -0.05) is 45.4 Å². The predicted octanol–water partition coefficient (Wildman–Crippen LogP) is 2.90. The first-order valence-electron chi connectivity index (χ1n) is 7.70. The van der Waals surface area contributed by atoms with E-state index in [0.29, 0.717) is 0 Å². The minimum atomic E-state index is 0.838. The van der Waals surface area contributed by atoms with E-state index in [-0.39, 0.29) is 0 Å². The zero-order valence-corrected chi connectivity index (χ0v) is 12.8. The fourth-order valence-electron chi connectivity index (χ4n) is 1.83. The Morgan fingerprint density at radius 3 is 2.17 bits per heavy atom. The van der Waals surface area contributed by atoms with Crippen molar-refractivity contribution in [3.63, 3.8) is 0 Å². The molecular weight excluding hydrogens is 224 g/mol. The van der Waals surface area contributed by atoms with E-state index >= 15 is 0 Å². The van der Waals surface area contributed by atoms with Crippen LogP contribution in [0.25, 0.3) is 0 Å². The van der Waals surface area contributed by atoms with Gasteiger partial charge in [-0.25, -0.2) is 0 Å². The maximum Gasteiger partial charge on any atom is 0.0593 e. The summed E-state index contributed by atoms with van der Waals surface area (Å²) in [6.07, 6.45) is 9.67. The van der Waals surface area contributed by atoms with Crippen molar-refractivity contribution in [1.29, 1.82) is 0 Å². The van der Waals surface area contributed by atoms with E-state index in [1.807, 2.05) is 0 Å². The largest absolute Gasteiger partial charge is 0.379 e. The van der Waals surface area contributed by atoms with Gasteiger partial charge in [-0.3, -0.25) is 0 Å². The molecule has 0 amide bonds. The van der Waals surface area contributed by atoms with Gasteiger partial charge in [-0.2, -0.15) is 0 Å². The third kappa shape index (κ3) is 15.9. The maximum atomic E-state index is 5.51. The lowest BCUT2D eigenvalue weighted by Gasteiger charge is -2.10. The molecule has 0 atom stereocenters. The van der Waals surface area contributed by atoms with E-state index in [1.165, 1.54) is 44.9 Å². The van der Waals surface area contributed by atoms with Gasteiger partial charge in [0.05, 0.1) is 13.2 Å². The molecule has 0 unspecified atom stereocenters. The molecule has 18 heavy (non-hydrogen) atoms. The third-order valence-corrected chi connectivity index (χ3v) is 3.06. The molecule has 0 aromatic carbocycles. The molecule has 0 rings (SSSR count). The van der Waals surface area contributed by atoms with Gasteiger partial charge in [0.2, 0.25) is 0 Å². The van der Waals surface area contributed by atoms with Gasteiger partial charge in [0, 0.05) is 13.1 Å². The Hall–Kier alpha value is -0.120. The Balaban J connectivity index is 2.90. The first-order valence-corrected chi connectivity index (χ1v) is 7.70.